The number of pyridine rings is 1. The van der Waals surface area contributed by atoms with Crippen LogP contribution in [0.3, 0.4) is 0 Å². The molecule has 1 aliphatic rings. The SMILES string of the molecule is COC(OC)N1CCN(Cc2ccc(Cl)nc2)/C1=N\[N+](=O)[O-]. The van der Waals surface area contributed by atoms with E-state index in [1.807, 2.05) is 6.07 Å². The number of hydrazone groups is 1. The van der Waals surface area contributed by atoms with Crippen molar-refractivity contribution in [3.05, 3.63) is 39.2 Å². The summed E-state index contributed by atoms with van der Waals surface area (Å²) in [6.07, 6.45) is 0.894. The Morgan fingerprint density at radius 1 is 1.45 bits per heavy atom. The smallest absolute Gasteiger partial charge is 0.278 e. The molecule has 1 aliphatic heterocycles. The summed E-state index contributed by atoms with van der Waals surface area (Å²) in [5.74, 6) is 0.189. The lowest BCUT2D eigenvalue weighted by Gasteiger charge is -2.26. The number of guanidine groups is 1. The van der Waals surface area contributed by atoms with Crippen LogP contribution in [0.15, 0.2) is 23.4 Å². The van der Waals surface area contributed by atoms with Crippen molar-refractivity contribution in [1.82, 2.24) is 14.8 Å². The number of methoxy groups -OCH3 is 2. The molecule has 0 saturated carbocycles. The van der Waals surface area contributed by atoms with Gasteiger partial charge in [0.15, 0.2) is 5.03 Å². The molecule has 2 heterocycles. The van der Waals surface area contributed by atoms with Gasteiger partial charge in [-0.15, -0.1) is 0 Å². The molecule has 1 saturated heterocycles. The maximum atomic E-state index is 10.8. The standard InChI is InChI=1S/C12H16ClN5O4/c1-21-12(22-2)17-6-5-16(11(17)15-18(19)20)8-9-3-4-10(13)14-7-9/h3-4,7,12H,5-6,8H2,1-2H3/b15-11+. The zero-order valence-corrected chi connectivity index (χ0v) is 12.9. The van der Waals surface area contributed by atoms with Gasteiger partial charge in [-0.05, 0) is 11.6 Å². The first-order valence-corrected chi connectivity index (χ1v) is 6.83. The molecule has 120 valence electrons. The quantitative estimate of drug-likeness (QED) is 0.332. The molecule has 1 aromatic rings. The molecule has 0 unspecified atom stereocenters. The van der Waals surface area contributed by atoms with Crippen molar-refractivity contribution >= 4 is 17.6 Å². The molecule has 0 bridgehead atoms. The van der Waals surface area contributed by atoms with Gasteiger partial charge >= 0.3 is 0 Å². The number of rotatable bonds is 6. The topological polar surface area (TPSA) is 93.3 Å². The first kappa shape index (κ1) is 16.4. The van der Waals surface area contributed by atoms with Crippen LogP contribution in [0, 0.1) is 10.1 Å². The van der Waals surface area contributed by atoms with Gasteiger partial charge in [-0.1, -0.05) is 17.7 Å². The summed E-state index contributed by atoms with van der Waals surface area (Å²) in [6, 6.07) is 3.48. The van der Waals surface area contributed by atoms with Gasteiger partial charge in [-0.2, -0.15) is 0 Å². The number of nitrogens with zero attached hydrogens (tertiary/aromatic N) is 5. The molecule has 2 rings (SSSR count). The Labute approximate surface area is 132 Å². The predicted molar refractivity (Wildman–Crippen MR) is 78.6 cm³/mol. The van der Waals surface area contributed by atoms with Crippen LogP contribution >= 0.6 is 11.6 Å². The molecular weight excluding hydrogens is 314 g/mol. The molecule has 1 fully saturated rings. The average molecular weight is 330 g/mol. The molecule has 0 amide bonds. The third kappa shape index (κ3) is 3.81. The Bertz CT molecular complexity index is 549. The Morgan fingerprint density at radius 3 is 2.73 bits per heavy atom. The predicted octanol–water partition coefficient (Wildman–Crippen LogP) is 0.977. The minimum atomic E-state index is -0.733. The second-order valence-corrected chi connectivity index (χ2v) is 4.91. The van der Waals surface area contributed by atoms with Crippen LogP contribution in [0.5, 0.6) is 0 Å². The number of aromatic nitrogens is 1. The van der Waals surface area contributed by atoms with E-state index in [-0.39, 0.29) is 5.96 Å². The number of nitro groups is 1. The largest absolute Gasteiger partial charge is 0.339 e. The molecule has 0 aromatic carbocycles. The van der Waals surface area contributed by atoms with Crippen LogP contribution in [0.2, 0.25) is 5.15 Å². The van der Waals surface area contributed by atoms with Crippen molar-refractivity contribution < 1.29 is 14.5 Å². The summed E-state index contributed by atoms with van der Waals surface area (Å²) in [5.41, 5.74) is 0.869. The summed E-state index contributed by atoms with van der Waals surface area (Å²) in [6.45, 7) is 1.48. The van der Waals surface area contributed by atoms with Crippen molar-refractivity contribution in [1.29, 1.82) is 0 Å². The Balaban J connectivity index is 2.19. The molecule has 22 heavy (non-hydrogen) atoms. The van der Waals surface area contributed by atoms with Crippen LogP contribution in [0.1, 0.15) is 5.56 Å². The number of hydrogen-bond donors (Lipinski definition) is 0. The van der Waals surface area contributed by atoms with Gasteiger partial charge in [0.2, 0.25) is 6.41 Å². The average Bonchev–Trinajstić information content (AvgIpc) is 2.85. The molecule has 0 aliphatic carbocycles. The third-order valence-corrected chi connectivity index (χ3v) is 3.37. The van der Waals surface area contributed by atoms with E-state index < -0.39 is 11.4 Å². The van der Waals surface area contributed by atoms with E-state index in [9.17, 15) is 10.1 Å². The number of hydrogen-bond acceptors (Lipinski definition) is 5. The van der Waals surface area contributed by atoms with Crippen molar-refractivity contribution in [2.24, 2.45) is 5.10 Å². The van der Waals surface area contributed by atoms with E-state index in [1.54, 1.807) is 22.1 Å². The highest BCUT2D eigenvalue weighted by atomic mass is 35.5. The fourth-order valence-electron chi connectivity index (χ4n) is 2.22. The monoisotopic (exact) mass is 329 g/mol. The van der Waals surface area contributed by atoms with E-state index >= 15 is 0 Å². The molecule has 9 nitrogen and oxygen atoms in total. The van der Waals surface area contributed by atoms with Gasteiger partial charge in [0.25, 0.3) is 5.96 Å². The molecule has 0 spiro atoms. The van der Waals surface area contributed by atoms with Gasteiger partial charge in [0.1, 0.15) is 10.3 Å². The number of ether oxygens (including phenoxy) is 2. The lowest BCUT2D eigenvalue weighted by atomic mass is 10.3. The van der Waals surface area contributed by atoms with Gasteiger partial charge in [0, 0.05) is 40.1 Å². The zero-order valence-electron chi connectivity index (χ0n) is 12.2. The normalized spacial score (nSPS) is 16.8. The van der Waals surface area contributed by atoms with E-state index in [0.29, 0.717) is 24.8 Å². The summed E-state index contributed by atoms with van der Waals surface area (Å²) < 4.78 is 10.3. The van der Waals surface area contributed by atoms with E-state index in [1.165, 1.54) is 14.2 Å². The van der Waals surface area contributed by atoms with Crippen LogP contribution in [0.4, 0.5) is 0 Å². The second-order valence-electron chi connectivity index (χ2n) is 4.52. The second kappa shape index (κ2) is 7.34. The molecule has 0 atom stereocenters. The van der Waals surface area contributed by atoms with Crippen molar-refractivity contribution in [3.63, 3.8) is 0 Å². The summed E-state index contributed by atoms with van der Waals surface area (Å²) in [5, 5.41) is 13.9. The summed E-state index contributed by atoms with van der Waals surface area (Å²) in [7, 11) is 2.92. The fraction of sp³-hybridized carbons (Fsp3) is 0.500. The first-order valence-electron chi connectivity index (χ1n) is 6.45. The lowest BCUT2D eigenvalue weighted by molar-refractivity contribution is -0.486. The summed E-state index contributed by atoms with van der Waals surface area (Å²) >= 11 is 5.75. The fourth-order valence-corrected chi connectivity index (χ4v) is 2.34. The first-order chi connectivity index (χ1) is 10.5. The Kier molecular flexibility index (Phi) is 5.47. The van der Waals surface area contributed by atoms with Crippen molar-refractivity contribution in [2.75, 3.05) is 27.3 Å². The maximum absolute atomic E-state index is 10.8. The highest BCUT2D eigenvalue weighted by Gasteiger charge is 2.35. The van der Waals surface area contributed by atoms with E-state index in [4.69, 9.17) is 21.1 Å². The van der Waals surface area contributed by atoms with Crippen LogP contribution < -0.4 is 0 Å². The van der Waals surface area contributed by atoms with Gasteiger partial charge in [-0.25, -0.2) is 15.1 Å². The highest BCUT2D eigenvalue weighted by molar-refractivity contribution is 6.29. The summed E-state index contributed by atoms with van der Waals surface area (Å²) in [4.78, 5) is 18.1. The highest BCUT2D eigenvalue weighted by Crippen LogP contribution is 2.17. The third-order valence-electron chi connectivity index (χ3n) is 3.14. The lowest BCUT2D eigenvalue weighted by Crippen LogP contribution is -2.42. The van der Waals surface area contributed by atoms with Crippen molar-refractivity contribution in [3.8, 4) is 0 Å². The Hall–Kier alpha value is -1.97. The van der Waals surface area contributed by atoms with Crippen LogP contribution in [-0.4, -0.2) is 59.5 Å². The van der Waals surface area contributed by atoms with Gasteiger partial charge < -0.3 is 14.4 Å². The van der Waals surface area contributed by atoms with Crippen LogP contribution in [-0.2, 0) is 16.0 Å². The minimum Gasteiger partial charge on any atom is -0.339 e. The minimum absolute atomic E-state index is 0.189. The van der Waals surface area contributed by atoms with Gasteiger partial charge in [-0.3, -0.25) is 4.90 Å². The molecule has 0 N–H and O–H groups in total. The molecule has 10 heteroatoms. The van der Waals surface area contributed by atoms with E-state index in [0.717, 1.165) is 5.56 Å². The van der Waals surface area contributed by atoms with Gasteiger partial charge in [0.05, 0.1) is 0 Å². The molecular formula is C12H16ClN5O4. The van der Waals surface area contributed by atoms with Crippen LogP contribution in [0.25, 0.3) is 0 Å². The van der Waals surface area contributed by atoms with Crippen molar-refractivity contribution in [2.45, 2.75) is 13.0 Å². The number of halogens is 1. The Morgan fingerprint density at radius 2 is 2.18 bits per heavy atom. The molecule has 1 aromatic heterocycles. The van der Waals surface area contributed by atoms with E-state index in [2.05, 4.69) is 10.1 Å². The molecule has 0 radical (unpaired) electrons. The zero-order chi connectivity index (χ0) is 16.1. The maximum Gasteiger partial charge on any atom is 0.278 e.